The molecule has 0 rings (SSSR count). The number of hydrogen-bond donors (Lipinski definition) is 5. The van der Waals surface area contributed by atoms with Crippen molar-refractivity contribution >= 4 is 51.6 Å². The van der Waals surface area contributed by atoms with Crippen LogP contribution < -0.4 is 21.7 Å². The Morgan fingerprint density at radius 3 is 1.11 bits per heavy atom. The van der Waals surface area contributed by atoms with E-state index in [9.17, 15) is 37.9 Å². The van der Waals surface area contributed by atoms with Crippen LogP contribution in [0, 0.1) is 0 Å². The van der Waals surface area contributed by atoms with E-state index in [1.54, 1.807) is 55.8 Å². The molecule has 0 saturated carbocycles. The topological polar surface area (TPSA) is 367 Å². The highest BCUT2D eigenvalue weighted by Gasteiger charge is 2.32. The molecule has 0 aromatic carbocycles. The highest BCUT2D eigenvalue weighted by Crippen LogP contribution is 2.50. The van der Waals surface area contributed by atoms with Gasteiger partial charge in [0, 0.05) is 53.4 Å². The molecule has 0 radical (unpaired) electrons. The molecule has 3 amide bonds. The molecule has 6 N–H and O–H groups in total. The summed E-state index contributed by atoms with van der Waals surface area (Å²) < 4.78 is 114. The lowest BCUT2D eigenvalue weighted by atomic mass is 10.1. The van der Waals surface area contributed by atoms with Gasteiger partial charge >= 0.3 is 45.7 Å². The summed E-state index contributed by atoms with van der Waals surface area (Å²) >= 11 is 0. The Labute approximate surface area is 757 Å². The molecule has 0 aliphatic heterocycles. The van der Waals surface area contributed by atoms with Crippen molar-refractivity contribution in [2.45, 2.75) is 413 Å². The van der Waals surface area contributed by atoms with Gasteiger partial charge in [-0.15, -0.1) is 13.2 Å². The number of carbonyl (C=O) groups is 6. The molecule has 0 aromatic rings. The third kappa shape index (κ3) is 89.7. The zero-order chi connectivity index (χ0) is 93.6. The number of alkyl carbamates (subject to hydrolysis) is 2. The average Bonchev–Trinajstić information content (AvgIpc) is 0.883. The minimum Gasteiger partial charge on any atom is -0.481 e. The van der Waals surface area contributed by atoms with Crippen LogP contribution >= 0.6 is 15.6 Å². The highest BCUT2D eigenvalue weighted by atomic mass is 31.2. The number of nitrogens with one attached hydrogen (secondary N) is 3. The second-order valence-corrected chi connectivity index (χ2v) is 36.9. The molecule has 31 heteroatoms. The Morgan fingerprint density at radius 2 is 0.752 bits per heavy atom. The number of carboxylic acid groups (broad SMARTS) is 1. The van der Waals surface area contributed by atoms with Crippen LogP contribution in [0.1, 0.15) is 366 Å². The summed E-state index contributed by atoms with van der Waals surface area (Å²) in [6.45, 7) is 31.4. The van der Waals surface area contributed by atoms with E-state index >= 15 is 0 Å². The number of aliphatic carboxylic acids is 1. The Balaban J connectivity index is -0.00000199. The molecule has 0 aliphatic rings. The number of carbonyl (C=O) groups excluding carboxylic acids is 5. The maximum absolute atomic E-state index is 13.7. The first-order valence-electron chi connectivity index (χ1n) is 47.5. The summed E-state index contributed by atoms with van der Waals surface area (Å²) in [6.07, 6.45) is 51.7. The lowest BCUT2D eigenvalue weighted by Crippen LogP contribution is -2.43. The number of unbranched alkanes of at least 4 members (excludes halogenated alkanes) is 26. The fourth-order valence-electron chi connectivity index (χ4n) is 12.2. The summed E-state index contributed by atoms with van der Waals surface area (Å²) in [5.74, 6) is -1.84. The van der Waals surface area contributed by atoms with Crippen LogP contribution in [0.4, 0.5) is 9.59 Å². The quantitative estimate of drug-likeness (QED) is 0.00943. The number of esters is 2. The van der Waals surface area contributed by atoms with Crippen LogP contribution in [0.5, 0.6) is 0 Å². The van der Waals surface area contributed by atoms with Gasteiger partial charge in [0.25, 0.3) is 0 Å². The molecule has 0 aliphatic carbocycles. The van der Waals surface area contributed by atoms with Gasteiger partial charge in [0.2, 0.25) is 5.91 Å². The Bertz CT molecular complexity index is 2740. The van der Waals surface area contributed by atoms with E-state index in [4.69, 9.17) is 85.4 Å². The average molecular weight is 1830 g/mol. The number of carboxylic acids is 1. The summed E-state index contributed by atoms with van der Waals surface area (Å²) in [5.41, 5.74) is 4.75. The molecule has 0 heterocycles. The van der Waals surface area contributed by atoms with Crippen LogP contribution in [0.25, 0.3) is 0 Å². The number of phosphoric ester groups is 2. The third-order valence-corrected chi connectivity index (χ3v) is 21.7. The minimum absolute atomic E-state index is 0.0223. The molecule has 0 spiro atoms. The van der Waals surface area contributed by atoms with Crippen molar-refractivity contribution in [3.63, 3.8) is 0 Å². The number of ether oxygens (including phenoxy) is 10. The van der Waals surface area contributed by atoms with Gasteiger partial charge in [-0.05, 0) is 144 Å². The first-order chi connectivity index (χ1) is 59.9. The van der Waals surface area contributed by atoms with Crippen LogP contribution in [-0.4, -0.2) is 196 Å². The van der Waals surface area contributed by atoms with Crippen LogP contribution in [0.15, 0.2) is 49.6 Å². The first kappa shape index (κ1) is 124. The van der Waals surface area contributed by atoms with Crippen LogP contribution in [0.2, 0.25) is 0 Å². The number of amides is 3. The first-order valence-corrected chi connectivity index (χ1v) is 50.4. The number of hydrogen-bond acceptors (Lipinski definition) is 25. The summed E-state index contributed by atoms with van der Waals surface area (Å²) in [5, 5.41) is 17.0. The zero-order valence-electron chi connectivity index (χ0n) is 80.6. The van der Waals surface area contributed by atoms with E-state index in [-0.39, 0.29) is 129 Å². The molecule has 0 fully saturated rings. The SMILES string of the molecule is C=CCOP(=O)(OCCNC(=O)OC(C)(C)C)OCC(COCC[C@@H](CCCCCCC)OCOC)NC(=O)C[C@@H](CCCCCCC)OC(=O)CCC/C=C\CCCCCC.C=CCOP(=O)(OCCNC(=O)OC(C)(C)C)OCC(N)COCC[C@@H](CCCCCCC)OCOC.CCCCCC/C=C\CCCC(=O)O[C@H](CCCCCCC)CC(=O)O. The fourth-order valence-corrected chi connectivity index (χ4v) is 14.6. The van der Waals surface area contributed by atoms with Crippen molar-refractivity contribution in [1.82, 2.24) is 16.0 Å². The molecule has 0 saturated heterocycles. The van der Waals surface area contributed by atoms with Crippen molar-refractivity contribution in [3.8, 4) is 0 Å². The molecular formula is C94H180N4O25P2. The van der Waals surface area contributed by atoms with Gasteiger partial charge in [-0.1, -0.05) is 232 Å². The summed E-state index contributed by atoms with van der Waals surface area (Å²) in [6, 6.07) is -1.31. The molecular weight excluding hydrogens is 1650 g/mol. The number of phosphoric acid groups is 2. The van der Waals surface area contributed by atoms with Crippen molar-refractivity contribution in [3.05, 3.63) is 49.6 Å². The van der Waals surface area contributed by atoms with Gasteiger partial charge in [0.1, 0.15) is 37.0 Å². The normalized spacial score (nSPS) is 14.1. The van der Waals surface area contributed by atoms with Crippen molar-refractivity contribution in [2.75, 3.05) is 107 Å². The van der Waals surface area contributed by atoms with Crippen LogP contribution in [0.3, 0.4) is 0 Å². The lowest BCUT2D eigenvalue weighted by molar-refractivity contribution is -0.154. The van der Waals surface area contributed by atoms with E-state index < -0.39 is 69.3 Å². The number of rotatable bonds is 85. The number of nitrogens with two attached hydrogens (primary N) is 1. The van der Waals surface area contributed by atoms with Crippen molar-refractivity contribution in [2.24, 2.45) is 5.73 Å². The van der Waals surface area contributed by atoms with Crippen LogP contribution in [-0.2, 0) is 103 Å². The predicted molar refractivity (Wildman–Crippen MR) is 498 cm³/mol. The van der Waals surface area contributed by atoms with E-state index in [1.807, 2.05) is 0 Å². The number of methoxy groups -OCH3 is 2. The molecule has 125 heavy (non-hydrogen) atoms. The zero-order valence-corrected chi connectivity index (χ0v) is 82.4. The second-order valence-electron chi connectivity index (χ2n) is 33.6. The monoisotopic (exact) mass is 1830 g/mol. The highest BCUT2D eigenvalue weighted by molar-refractivity contribution is 7.48. The fraction of sp³-hybridized carbons (Fsp3) is 0.851. The molecule has 0 aromatic heterocycles. The van der Waals surface area contributed by atoms with Gasteiger partial charge in [0.05, 0.1) is 90.0 Å². The van der Waals surface area contributed by atoms with E-state index in [0.29, 0.717) is 45.3 Å². The maximum Gasteiger partial charge on any atom is 0.475 e. The molecule has 736 valence electrons. The summed E-state index contributed by atoms with van der Waals surface area (Å²) in [4.78, 5) is 73.3. The van der Waals surface area contributed by atoms with E-state index in [2.05, 4.69) is 95.0 Å². The Hall–Kier alpha value is -4.68. The largest absolute Gasteiger partial charge is 0.481 e. The van der Waals surface area contributed by atoms with E-state index in [0.717, 1.165) is 122 Å². The second kappa shape index (κ2) is 87.3. The minimum atomic E-state index is -4.20. The molecule has 8 atom stereocenters. The molecule has 29 nitrogen and oxygen atoms in total. The standard InChI is InChI=1S/C47H89N2O12P.C25H51N2O9P.C22H40O4/c1-9-13-16-19-20-21-22-25-28-31-45(51)60-43(30-27-24-18-15-11-3)37-44(50)49-41(38-55-35-32-42(56-40-54-8)29-26-23-17-14-10-2)39-59-62(53,57-34-12-4)58-36-33-48-46(52)61-47(5,6)7;1-7-9-10-11-12-13-23(32-21-30-6)14-17-31-19-22(26)20-35-37(29,33-16-8-2)34-18-15-27-24(28)36-25(3,4)5;1-3-5-7-9-10-11-12-14-16-18-22(25)26-20(19-21(23)24)17-15-13-8-6-4-2/h12,21-22,41-43H,4,9-11,13-20,23-40H2,1-3,5-8H3,(H,48,52)(H,49,50);8,22-23H,2,7,9-21,26H2,1,3-6H3,(H,27,28);11-12,20H,3-10,13-19H2,1-2H3,(H,23,24)/b22-21-;;12-11-/t41?,42-,43-,62?;22?,23-,37?;20-/m111/s1. The van der Waals surface area contributed by atoms with Gasteiger partial charge in [-0.25, -0.2) is 18.7 Å². The van der Waals surface area contributed by atoms with Gasteiger partial charge in [0.15, 0.2) is 0 Å². The predicted octanol–water partition coefficient (Wildman–Crippen LogP) is 22.8. The van der Waals surface area contributed by atoms with Gasteiger partial charge < -0.3 is 74.2 Å². The van der Waals surface area contributed by atoms with Gasteiger partial charge in [-0.3, -0.25) is 46.3 Å². The smallest absolute Gasteiger partial charge is 0.475 e. The Kier molecular flexibility index (Phi) is 86.9. The van der Waals surface area contributed by atoms with Gasteiger partial charge in [-0.2, -0.15) is 0 Å². The lowest BCUT2D eigenvalue weighted by Gasteiger charge is -2.24. The van der Waals surface area contributed by atoms with Crippen molar-refractivity contribution < 1.29 is 118 Å². The van der Waals surface area contributed by atoms with Crippen molar-refractivity contribution in [1.29, 1.82) is 0 Å². The molecule has 4 unspecified atom stereocenters. The maximum atomic E-state index is 13.7. The number of allylic oxidation sites excluding steroid dienone is 4. The Morgan fingerprint density at radius 1 is 0.408 bits per heavy atom. The van der Waals surface area contributed by atoms with E-state index in [1.165, 1.54) is 121 Å². The third-order valence-electron chi connectivity index (χ3n) is 18.9. The molecule has 0 bridgehead atoms. The summed E-state index contributed by atoms with van der Waals surface area (Å²) in [7, 11) is -4.91.